The second-order valence-corrected chi connectivity index (χ2v) is 14.6. The van der Waals surface area contributed by atoms with Crippen LogP contribution >= 0.6 is 0 Å². The highest BCUT2D eigenvalue weighted by atomic mass is 16.5. The van der Waals surface area contributed by atoms with E-state index in [9.17, 15) is 30.3 Å². The molecule has 5 rings (SSSR count). The number of allylic oxidation sites excluding steroid dienone is 1. The highest BCUT2D eigenvalue weighted by Gasteiger charge is 2.69. The summed E-state index contributed by atoms with van der Waals surface area (Å²) in [5.74, 6) is -0.350. The third-order valence-corrected chi connectivity index (χ3v) is 12.2. The van der Waals surface area contributed by atoms with Crippen LogP contribution in [0.2, 0.25) is 0 Å². The lowest BCUT2D eigenvalue weighted by Gasteiger charge is -2.60. The van der Waals surface area contributed by atoms with Crippen LogP contribution in [-0.2, 0) is 9.53 Å². The first-order valence-corrected chi connectivity index (χ1v) is 15.2. The van der Waals surface area contributed by atoms with Gasteiger partial charge in [-0.3, -0.25) is 4.79 Å². The summed E-state index contributed by atoms with van der Waals surface area (Å²) in [6.07, 6.45) is 3.48. The second kappa shape index (κ2) is 10.1. The van der Waals surface area contributed by atoms with E-state index in [0.717, 1.165) is 18.4 Å². The van der Waals surface area contributed by atoms with Crippen LogP contribution < -0.4 is 5.32 Å². The number of nitrogens with one attached hydrogen (secondary N) is 1. The van der Waals surface area contributed by atoms with Gasteiger partial charge in [0.05, 0.1) is 36.1 Å². The predicted molar refractivity (Wildman–Crippen MR) is 147 cm³/mol. The SMILES string of the molecule is CC(O)CNCC1C(C)COC1C(O)C(C)(O)C1CCC2(O)C3=CC(=O)C4CC(O)CCC4(C)C3CCC12C. The topological polar surface area (TPSA) is 139 Å². The lowest BCUT2D eigenvalue weighted by atomic mass is 9.46. The smallest absolute Gasteiger partial charge is 0.159 e. The lowest BCUT2D eigenvalue weighted by molar-refractivity contribution is -0.193. The summed E-state index contributed by atoms with van der Waals surface area (Å²) in [6.45, 7) is 11.2. The Kier molecular flexibility index (Phi) is 7.70. The van der Waals surface area contributed by atoms with Crippen molar-refractivity contribution in [1.82, 2.24) is 5.32 Å². The van der Waals surface area contributed by atoms with E-state index in [1.54, 1.807) is 19.9 Å². The average Bonchev–Trinajstić information content (AvgIpc) is 3.36. The summed E-state index contributed by atoms with van der Waals surface area (Å²) in [5, 5.41) is 59.4. The van der Waals surface area contributed by atoms with E-state index in [-0.39, 0.29) is 40.8 Å². The fourth-order valence-corrected chi connectivity index (χ4v) is 9.73. The Hall–Kier alpha value is -0.870. The van der Waals surface area contributed by atoms with Gasteiger partial charge in [0.15, 0.2) is 5.78 Å². The Morgan fingerprint density at radius 3 is 2.56 bits per heavy atom. The van der Waals surface area contributed by atoms with E-state index < -0.39 is 41.0 Å². The van der Waals surface area contributed by atoms with E-state index in [2.05, 4.69) is 19.2 Å². The monoisotopic (exact) mass is 549 g/mol. The minimum absolute atomic E-state index is 0.0105. The molecule has 3 saturated carbocycles. The Bertz CT molecular complexity index is 982. The van der Waals surface area contributed by atoms with Crippen molar-refractivity contribution in [3.8, 4) is 0 Å². The molecule has 6 N–H and O–H groups in total. The highest BCUT2D eigenvalue weighted by Crippen LogP contribution is 2.68. The van der Waals surface area contributed by atoms with Crippen molar-refractivity contribution in [3.05, 3.63) is 11.6 Å². The molecule has 0 radical (unpaired) electrons. The maximum absolute atomic E-state index is 13.4. The van der Waals surface area contributed by atoms with Crippen LogP contribution in [-0.4, -0.2) is 86.6 Å². The van der Waals surface area contributed by atoms with Crippen LogP contribution in [0.5, 0.6) is 0 Å². The van der Waals surface area contributed by atoms with Crippen molar-refractivity contribution in [1.29, 1.82) is 0 Å². The van der Waals surface area contributed by atoms with Crippen molar-refractivity contribution < 1.29 is 35.1 Å². The number of carbonyl (C=O) groups is 1. The third kappa shape index (κ3) is 4.48. The second-order valence-electron chi connectivity index (χ2n) is 14.6. The molecular formula is C31H51NO7. The Morgan fingerprint density at radius 1 is 1.15 bits per heavy atom. The van der Waals surface area contributed by atoms with Crippen LogP contribution in [0.3, 0.4) is 0 Å². The highest BCUT2D eigenvalue weighted by molar-refractivity contribution is 5.95. The number of aliphatic hydroxyl groups is 5. The number of aliphatic hydroxyl groups excluding tert-OH is 3. The maximum Gasteiger partial charge on any atom is 0.159 e. The molecule has 0 aromatic rings. The fraction of sp³-hybridized carbons (Fsp3) is 0.903. The molecule has 39 heavy (non-hydrogen) atoms. The lowest BCUT2D eigenvalue weighted by Crippen LogP contribution is -2.63. The zero-order valence-corrected chi connectivity index (χ0v) is 24.4. The van der Waals surface area contributed by atoms with Gasteiger partial charge in [0, 0.05) is 30.3 Å². The van der Waals surface area contributed by atoms with Crippen molar-refractivity contribution >= 4 is 5.78 Å². The van der Waals surface area contributed by atoms with Crippen LogP contribution in [0.1, 0.15) is 79.6 Å². The molecule has 1 heterocycles. The van der Waals surface area contributed by atoms with E-state index in [4.69, 9.17) is 4.74 Å². The number of hydrogen-bond donors (Lipinski definition) is 6. The van der Waals surface area contributed by atoms with Crippen LogP contribution in [0.15, 0.2) is 11.6 Å². The third-order valence-electron chi connectivity index (χ3n) is 12.2. The van der Waals surface area contributed by atoms with Gasteiger partial charge in [-0.05, 0) is 93.6 Å². The van der Waals surface area contributed by atoms with Gasteiger partial charge in [-0.2, -0.15) is 0 Å². The first-order chi connectivity index (χ1) is 18.2. The van der Waals surface area contributed by atoms with Gasteiger partial charge in [-0.15, -0.1) is 0 Å². The van der Waals surface area contributed by atoms with Crippen LogP contribution in [0, 0.1) is 40.4 Å². The van der Waals surface area contributed by atoms with Gasteiger partial charge in [0.1, 0.15) is 6.10 Å². The van der Waals surface area contributed by atoms with Gasteiger partial charge in [-0.25, -0.2) is 0 Å². The van der Waals surface area contributed by atoms with Crippen LogP contribution in [0.4, 0.5) is 0 Å². The molecule has 1 saturated heterocycles. The molecule has 0 bridgehead atoms. The molecule has 0 aromatic carbocycles. The predicted octanol–water partition coefficient (Wildman–Crippen LogP) is 1.95. The summed E-state index contributed by atoms with van der Waals surface area (Å²) in [5.41, 5.74) is -2.91. The standard InChI is InChI=1S/C31H51NO7/c1-17-16-39-26(20(17)15-32-14-18(2)33)27(36)30(5,37)25-8-11-31(38)22-13-24(35)23-12-19(34)6-9-28(23,3)21(22)7-10-29(25,31)4/h13,17-21,23,25-27,32-34,36-38H,6-12,14-16H2,1-5H3. The van der Waals surface area contributed by atoms with Crippen molar-refractivity contribution in [2.45, 2.75) is 115 Å². The first-order valence-electron chi connectivity index (χ1n) is 15.2. The molecule has 0 amide bonds. The zero-order chi connectivity index (χ0) is 28.5. The van der Waals surface area contributed by atoms with Gasteiger partial charge in [-0.1, -0.05) is 20.8 Å². The average molecular weight is 550 g/mol. The number of fused-ring (bicyclic) bond motifs is 5. The van der Waals surface area contributed by atoms with E-state index >= 15 is 0 Å². The van der Waals surface area contributed by atoms with Crippen molar-refractivity contribution in [2.75, 3.05) is 19.7 Å². The number of ether oxygens (including phenoxy) is 1. The molecule has 0 aromatic heterocycles. The van der Waals surface area contributed by atoms with Gasteiger partial charge in [0.25, 0.3) is 0 Å². The number of rotatable bonds is 7. The summed E-state index contributed by atoms with van der Waals surface area (Å²) in [6, 6.07) is 0. The minimum Gasteiger partial charge on any atom is -0.393 e. The number of carbonyl (C=O) groups excluding carboxylic acids is 1. The Balaban J connectivity index is 1.41. The quantitative estimate of drug-likeness (QED) is 0.283. The summed E-state index contributed by atoms with van der Waals surface area (Å²) >= 11 is 0. The van der Waals surface area contributed by atoms with Gasteiger partial charge >= 0.3 is 0 Å². The number of hydrogen-bond acceptors (Lipinski definition) is 8. The first kappa shape index (κ1) is 29.6. The molecule has 4 aliphatic carbocycles. The molecule has 222 valence electrons. The molecule has 8 nitrogen and oxygen atoms in total. The molecule has 5 aliphatic rings. The zero-order valence-electron chi connectivity index (χ0n) is 24.4. The molecule has 13 unspecified atom stereocenters. The van der Waals surface area contributed by atoms with Crippen molar-refractivity contribution in [3.63, 3.8) is 0 Å². The fourth-order valence-electron chi connectivity index (χ4n) is 9.73. The van der Waals surface area contributed by atoms with Crippen LogP contribution in [0.25, 0.3) is 0 Å². The van der Waals surface area contributed by atoms with E-state index in [1.807, 2.05) is 6.92 Å². The minimum atomic E-state index is -1.51. The van der Waals surface area contributed by atoms with Gasteiger partial charge in [0.2, 0.25) is 0 Å². The summed E-state index contributed by atoms with van der Waals surface area (Å²) in [7, 11) is 0. The molecule has 1 aliphatic heterocycles. The molecule has 13 atom stereocenters. The molecule has 8 heteroatoms. The normalized spacial score (nSPS) is 48.9. The maximum atomic E-state index is 13.4. The number of ketones is 1. The molecule has 0 spiro atoms. The van der Waals surface area contributed by atoms with E-state index in [1.165, 1.54) is 0 Å². The molecular weight excluding hydrogens is 498 g/mol. The van der Waals surface area contributed by atoms with E-state index in [0.29, 0.717) is 51.8 Å². The summed E-state index contributed by atoms with van der Waals surface area (Å²) < 4.78 is 6.07. The van der Waals surface area contributed by atoms with Gasteiger partial charge < -0.3 is 35.6 Å². The largest absolute Gasteiger partial charge is 0.393 e. The van der Waals surface area contributed by atoms with Crippen molar-refractivity contribution in [2.24, 2.45) is 40.4 Å². The summed E-state index contributed by atoms with van der Waals surface area (Å²) in [4.78, 5) is 13.4. The Morgan fingerprint density at radius 2 is 1.87 bits per heavy atom. The molecule has 4 fully saturated rings. The Labute approximate surface area is 233 Å².